The van der Waals surface area contributed by atoms with E-state index >= 15 is 0 Å². The van der Waals surface area contributed by atoms with Gasteiger partial charge in [0.25, 0.3) is 0 Å². The molecule has 1 N–H and O–H groups in total. The first kappa shape index (κ1) is 18.7. The Bertz CT molecular complexity index is 694. The number of hydrogen-bond donors (Lipinski definition) is 1. The van der Waals surface area contributed by atoms with Gasteiger partial charge < -0.3 is 10.2 Å². The molecule has 0 atom stereocenters. The summed E-state index contributed by atoms with van der Waals surface area (Å²) in [5.74, 6) is -0.457. The molecular formula is C16H24FN3O3S. The SMILES string of the molecule is CCCNC(=O)N1CCCN(S(=O)(=O)c2ccc(F)cc2C)CC1. The molecule has 0 saturated carbocycles. The molecule has 1 aromatic carbocycles. The number of nitrogens with one attached hydrogen (secondary N) is 1. The number of amides is 2. The molecular weight excluding hydrogens is 333 g/mol. The number of hydrogen-bond acceptors (Lipinski definition) is 3. The van der Waals surface area contributed by atoms with Gasteiger partial charge in [-0.1, -0.05) is 6.92 Å². The van der Waals surface area contributed by atoms with E-state index in [0.717, 1.165) is 12.5 Å². The maximum absolute atomic E-state index is 13.2. The molecule has 1 heterocycles. The molecule has 0 aromatic heterocycles. The van der Waals surface area contributed by atoms with Crippen molar-refractivity contribution in [2.24, 2.45) is 0 Å². The lowest BCUT2D eigenvalue weighted by Gasteiger charge is -2.22. The van der Waals surface area contributed by atoms with E-state index in [1.165, 1.54) is 16.4 Å². The van der Waals surface area contributed by atoms with Crippen LogP contribution in [0, 0.1) is 12.7 Å². The third-order valence-electron chi connectivity index (χ3n) is 4.02. The lowest BCUT2D eigenvalue weighted by Crippen LogP contribution is -2.42. The van der Waals surface area contributed by atoms with Crippen LogP contribution < -0.4 is 5.32 Å². The number of sulfonamides is 1. The molecule has 24 heavy (non-hydrogen) atoms. The van der Waals surface area contributed by atoms with Gasteiger partial charge in [-0.2, -0.15) is 4.31 Å². The molecule has 2 amide bonds. The van der Waals surface area contributed by atoms with Gasteiger partial charge in [-0.05, 0) is 43.5 Å². The third-order valence-corrected chi connectivity index (χ3v) is 6.08. The summed E-state index contributed by atoms with van der Waals surface area (Å²) in [6.07, 6.45) is 1.42. The van der Waals surface area contributed by atoms with E-state index in [-0.39, 0.29) is 17.5 Å². The van der Waals surface area contributed by atoms with Crippen molar-refractivity contribution < 1.29 is 17.6 Å². The van der Waals surface area contributed by atoms with Gasteiger partial charge in [0.05, 0.1) is 4.90 Å². The number of nitrogens with zero attached hydrogens (tertiary/aromatic N) is 2. The maximum Gasteiger partial charge on any atom is 0.317 e. The smallest absolute Gasteiger partial charge is 0.317 e. The summed E-state index contributed by atoms with van der Waals surface area (Å²) in [5.41, 5.74) is 0.386. The van der Waals surface area contributed by atoms with Crippen LogP contribution in [0.1, 0.15) is 25.3 Å². The van der Waals surface area contributed by atoms with Gasteiger partial charge in [0.1, 0.15) is 5.82 Å². The van der Waals surface area contributed by atoms with Gasteiger partial charge in [-0.3, -0.25) is 0 Å². The molecule has 0 radical (unpaired) electrons. The fourth-order valence-electron chi connectivity index (χ4n) is 2.72. The number of carbonyl (C=O) groups is 1. The Kier molecular flexibility index (Phi) is 6.17. The Hall–Kier alpha value is -1.67. The van der Waals surface area contributed by atoms with Crippen LogP contribution in [-0.2, 0) is 10.0 Å². The predicted molar refractivity (Wildman–Crippen MR) is 89.8 cm³/mol. The summed E-state index contributed by atoms with van der Waals surface area (Å²) in [4.78, 5) is 13.8. The van der Waals surface area contributed by atoms with Gasteiger partial charge in [0.2, 0.25) is 10.0 Å². The molecule has 1 aromatic rings. The highest BCUT2D eigenvalue weighted by Gasteiger charge is 2.29. The fraction of sp³-hybridized carbons (Fsp3) is 0.562. The van der Waals surface area contributed by atoms with E-state index in [0.29, 0.717) is 38.2 Å². The van der Waals surface area contributed by atoms with E-state index < -0.39 is 15.8 Å². The van der Waals surface area contributed by atoms with Crippen molar-refractivity contribution in [1.82, 2.24) is 14.5 Å². The molecule has 0 spiro atoms. The van der Waals surface area contributed by atoms with Gasteiger partial charge in [0.15, 0.2) is 0 Å². The average Bonchev–Trinajstić information content (AvgIpc) is 2.78. The van der Waals surface area contributed by atoms with Gasteiger partial charge in [-0.15, -0.1) is 0 Å². The second kappa shape index (κ2) is 7.94. The van der Waals surface area contributed by atoms with E-state index in [1.807, 2.05) is 6.92 Å². The molecule has 0 unspecified atom stereocenters. The standard InChI is InChI=1S/C16H24FN3O3S/c1-3-7-18-16(21)19-8-4-9-20(11-10-19)24(22,23)15-6-5-14(17)12-13(15)2/h5-6,12H,3-4,7-11H2,1-2H3,(H,18,21). The first-order valence-electron chi connectivity index (χ1n) is 8.15. The minimum atomic E-state index is -3.69. The quantitative estimate of drug-likeness (QED) is 0.895. The first-order valence-corrected chi connectivity index (χ1v) is 9.59. The predicted octanol–water partition coefficient (Wildman–Crippen LogP) is 1.95. The van der Waals surface area contributed by atoms with Crippen LogP contribution in [0.15, 0.2) is 23.1 Å². The van der Waals surface area contributed by atoms with E-state index in [2.05, 4.69) is 5.32 Å². The van der Waals surface area contributed by atoms with E-state index in [9.17, 15) is 17.6 Å². The van der Waals surface area contributed by atoms with Crippen LogP contribution in [0.25, 0.3) is 0 Å². The summed E-state index contributed by atoms with van der Waals surface area (Å²) in [6, 6.07) is 3.52. The van der Waals surface area contributed by atoms with Crippen LogP contribution in [0.3, 0.4) is 0 Å². The summed E-state index contributed by atoms with van der Waals surface area (Å²) >= 11 is 0. The largest absolute Gasteiger partial charge is 0.338 e. The first-order chi connectivity index (χ1) is 11.4. The van der Waals surface area contributed by atoms with Crippen LogP contribution in [0.5, 0.6) is 0 Å². The Labute approximate surface area is 142 Å². The van der Waals surface area contributed by atoms with Crippen LogP contribution >= 0.6 is 0 Å². The normalized spacial score (nSPS) is 16.7. The van der Waals surface area contributed by atoms with Crippen molar-refractivity contribution in [3.8, 4) is 0 Å². The monoisotopic (exact) mass is 357 g/mol. The number of benzene rings is 1. The molecule has 1 fully saturated rings. The molecule has 6 nitrogen and oxygen atoms in total. The molecule has 8 heteroatoms. The third kappa shape index (κ3) is 4.24. The molecule has 1 saturated heterocycles. The van der Waals surface area contributed by atoms with Crippen molar-refractivity contribution in [3.05, 3.63) is 29.6 Å². The van der Waals surface area contributed by atoms with E-state index in [4.69, 9.17) is 0 Å². The average molecular weight is 357 g/mol. The molecule has 134 valence electrons. The number of aryl methyl sites for hydroxylation is 1. The van der Waals surface area contributed by atoms with Crippen molar-refractivity contribution >= 4 is 16.1 Å². The Morgan fingerprint density at radius 2 is 2.00 bits per heavy atom. The van der Waals surface area contributed by atoms with Crippen molar-refractivity contribution in [2.75, 3.05) is 32.7 Å². The zero-order valence-electron chi connectivity index (χ0n) is 14.1. The van der Waals surface area contributed by atoms with Gasteiger partial charge in [-0.25, -0.2) is 17.6 Å². The van der Waals surface area contributed by atoms with Crippen LogP contribution in [0.2, 0.25) is 0 Å². The molecule has 0 bridgehead atoms. The molecule has 0 aliphatic carbocycles. The number of halogens is 1. The van der Waals surface area contributed by atoms with Crippen LogP contribution in [-0.4, -0.2) is 56.4 Å². The zero-order chi connectivity index (χ0) is 17.7. The molecule has 2 rings (SSSR count). The van der Waals surface area contributed by atoms with Crippen molar-refractivity contribution in [2.45, 2.75) is 31.6 Å². The maximum atomic E-state index is 13.2. The number of rotatable bonds is 4. The number of urea groups is 1. The summed E-state index contributed by atoms with van der Waals surface area (Å²) in [7, 11) is -3.69. The molecule has 1 aliphatic heterocycles. The molecule has 1 aliphatic rings. The van der Waals surface area contributed by atoms with Gasteiger partial charge >= 0.3 is 6.03 Å². The summed E-state index contributed by atoms with van der Waals surface area (Å²) < 4.78 is 40.2. The highest BCUT2D eigenvalue weighted by Crippen LogP contribution is 2.22. The highest BCUT2D eigenvalue weighted by molar-refractivity contribution is 7.89. The zero-order valence-corrected chi connectivity index (χ0v) is 14.9. The Morgan fingerprint density at radius 1 is 1.25 bits per heavy atom. The fourth-order valence-corrected chi connectivity index (χ4v) is 4.40. The second-order valence-electron chi connectivity index (χ2n) is 5.89. The highest BCUT2D eigenvalue weighted by atomic mass is 32.2. The van der Waals surface area contributed by atoms with Crippen LogP contribution in [0.4, 0.5) is 9.18 Å². The Morgan fingerprint density at radius 3 is 2.67 bits per heavy atom. The summed E-state index contributed by atoms with van der Waals surface area (Å²) in [6.45, 7) is 5.60. The lowest BCUT2D eigenvalue weighted by molar-refractivity contribution is 0.200. The summed E-state index contributed by atoms with van der Waals surface area (Å²) in [5, 5.41) is 2.81. The van der Waals surface area contributed by atoms with Gasteiger partial charge in [0, 0.05) is 32.7 Å². The second-order valence-corrected chi connectivity index (χ2v) is 7.79. The van der Waals surface area contributed by atoms with E-state index in [1.54, 1.807) is 11.8 Å². The van der Waals surface area contributed by atoms with Crippen molar-refractivity contribution in [3.63, 3.8) is 0 Å². The lowest BCUT2D eigenvalue weighted by atomic mass is 10.2. The minimum Gasteiger partial charge on any atom is -0.338 e. The topological polar surface area (TPSA) is 69.7 Å². The number of carbonyl (C=O) groups excluding carboxylic acids is 1. The minimum absolute atomic E-state index is 0.118. The Balaban J connectivity index is 2.11. The van der Waals surface area contributed by atoms with Crippen molar-refractivity contribution in [1.29, 1.82) is 0 Å².